The van der Waals surface area contributed by atoms with Crippen LogP contribution in [0.4, 0.5) is 0 Å². The summed E-state index contributed by atoms with van der Waals surface area (Å²) in [5.41, 5.74) is 1.91. The third-order valence-electron chi connectivity index (χ3n) is 2.09. The van der Waals surface area contributed by atoms with Crippen LogP contribution in [-0.2, 0) is 16.6 Å². The van der Waals surface area contributed by atoms with Gasteiger partial charge in [0.15, 0.2) is 0 Å². The highest BCUT2D eigenvalue weighted by molar-refractivity contribution is 7.89. The van der Waals surface area contributed by atoms with Gasteiger partial charge in [0.05, 0.1) is 17.8 Å². The number of sulfonamides is 1. The number of imidazole rings is 1. The maximum absolute atomic E-state index is 11.1. The fourth-order valence-corrected chi connectivity index (χ4v) is 1.70. The molecule has 0 aliphatic heterocycles. The largest absolute Gasteiger partial charge is 0.348 e. The van der Waals surface area contributed by atoms with Crippen molar-refractivity contribution in [2.45, 2.75) is 13.5 Å². The summed E-state index contributed by atoms with van der Waals surface area (Å²) in [5.74, 6) is 0.0764. The van der Waals surface area contributed by atoms with Gasteiger partial charge in [0.2, 0.25) is 10.0 Å². The maximum Gasteiger partial charge on any atom is 0.212 e. The molecule has 0 saturated carbocycles. The predicted molar refractivity (Wildman–Crippen MR) is 57.9 cm³/mol. The molecule has 6 nitrogen and oxygen atoms in total. The minimum Gasteiger partial charge on any atom is -0.348 e. The van der Waals surface area contributed by atoms with E-state index in [1.165, 1.54) is 7.05 Å². The van der Waals surface area contributed by atoms with Gasteiger partial charge in [-0.15, -0.1) is 0 Å². The SMILES string of the molecule is CNS(=O)(=O)CCNCc1nc[nH]c1C. The van der Waals surface area contributed by atoms with E-state index in [-0.39, 0.29) is 5.75 Å². The van der Waals surface area contributed by atoms with Gasteiger partial charge in [-0.3, -0.25) is 0 Å². The normalized spacial score (nSPS) is 11.9. The van der Waals surface area contributed by atoms with Crippen LogP contribution < -0.4 is 10.0 Å². The van der Waals surface area contributed by atoms with Crippen molar-refractivity contribution >= 4 is 10.0 Å². The second-order valence-electron chi connectivity index (χ2n) is 3.17. The summed E-state index contributed by atoms with van der Waals surface area (Å²) in [7, 11) is -1.70. The highest BCUT2D eigenvalue weighted by Gasteiger charge is 2.06. The predicted octanol–water partition coefficient (Wildman–Crippen LogP) is -0.643. The fraction of sp³-hybridized carbons (Fsp3) is 0.625. The van der Waals surface area contributed by atoms with Crippen LogP contribution >= 0.6 is 0 Å². The number of aromatic amines is 1. The molecular weight excluding hydrogens is 216 g/mol. The molecule has 1 rings (SSSR count). The lowest BCUT2D eigenvalue weighted by Crippen LogP contribution is -2.29. The summed E-state index contributed by atoms with van der Waals surface area (Å²) < 4.78 is 24.4. The number of rotatable bonds is 6. The lowest BCUT2D eigenvalue weighted by Gasteiger charge is -2.04. The van der Waals surface area contributed by atoms with E-state index < -0.39 is 10.0 Å². The molecule has 7 heteroatoms. The molecule has 0 bridgehead atoms. The number of nitrogens with one attached hydrogen (secondary N) is 3. The topological polar surface area (TPSA) is 86.9 Å². The first-order valence-corrected chi connectivity index (χ1v) is 6.31. The van der Waals surface area contributed by atoms with E-state index in [2.05, 4.69) is 20.0 Å². The Morgan fingerprint density at radius 2 is 2.27 bits per heavy atom. The van der Waals surface area contributed by atoms with Crippen LogP contribution in [0.3, 0.4) is 0 Å². The summed E-state index contributed by atoms with van der Waals surface area (Å²) in [6.45, 7) is 2.92. The Morgan fingerprint density at radius 1 is 1.53 bits per heavy atom. The van der Waals surface area contributed by atoms with Gasteiger partial charge in [-0.25, -0.2) is 18.1 Å². The Bertz CT molecular complexity index is 399. The number of hydrogen-bond donors (Lipinski definition) is 3. The van der Waals surface area contributed by atoms with Crippen LogP contribution in [0.5, 0.6) is 0 Å². The highest BCUT2D eigenvalue weighted by atomic mass is 32.2. The number of nitrogens with zero attached hydrogens (tertiary/aromatic N) is 1. The molecule has 15 heavy (non-hydrogen) atoms. The zero-order valence-electron chi connectivity index (χ0n) is 8.87. The van der Waals surface area contributed by atoms with Gasteiger partial charge < -0.3 is 10.3 Å². The zero-order chi connectivity index (χ0) is 11.3. The third-order valence-corrected chi connectivity index (χ3v) is 3.45. The number of hydrogen-bond acceptors (Lipinski definition) is 4. The van der Waals surface area contributed by atoms with Crippen LogP contribution in [0.15, 0.2) is 6.33 Å². The van der Waals surface area contributed by atoms with E-state index >= 15 is 0 Å². The van der Waals surface area contributed by atoms with Crippen molar-refractivity contribution in [2.24, 2.45) is 0 Å². The van der Waals surface area contributed by atoms with Crippen molar-refractivity contribution < 1.29 is 8.42 Å². The molecule has 0 aliphatic rings. The van der Waals surface area contributed by atoms with Crippen molar-refractivity contribution in [3.63, 3.8) is 0 Å². The molecule has 0 amide bonds. The van der Waals surface area contributed by atoms with Gasteiger partial charge in [-0.2, -0.15) is 0 Å². The van der Waals surface area contributed by atoms with Crippen molar-refractivity contribution in [1.82, 2.24) is 20.0 Å². The molecule has 86 valence electrons. The molecule has 0 aliphatic carbocycles. The summed E-state index contributed by atoms with van der Waals surface area (Å²) in [4.78, 5) is 7.04. The number of aryl methyl sites for hydroxylation is 1. The second-order valence-corrected chi connectivity index (χ2v) is 5.22. The van der Waals surface area contributed by atoms with Crippen molar-refractivity contribution in [3.8, 4) is 0 Å². The molecule has 0 atom stereocenters. The van der Waals surface area contributed by atoms with Gasteiger partial charge in [0, 0.05) is 18.8 Å². The van der Waals surface area contributed by atoms with Crippen LogP contribution in [0.1, 0.15) is 11.4 Å². The summed E-state index contributed by atoms with van der Waals surface area (Å²) in [6, 6.07) is 0. The van der Waals surface area contributed by atoms with Gasteiger partial charge in [-0.05, 0) is 14.0 Å². The van der Waals surface area contributed by atoms with Crippen LogP contribution in [0.2, 0.25) is 0 Å². The van der Waals surface area contributed by atoms with E-state index in [0.29, 0.717) is 13.1 Å². The van der Waals surface area contributed by atoms with E-state index in [9.17, 15) is 8.42 Å². The third kappa shape index (κ3) is 3.98. The molecule has 0 saturated heterocycles. The van der Waals surface area contributed by atoms with Gasteiger partial charge >= 0.3 is 0 Å². The Morgan fingerprint density at radius 3 is 2.80 bits per heavy atom. The molecule has 1 heterocycles. The first-order valence-electron chi connectivity index (χ1n) is 4.66. The summed E-state index contributed by atoms with van der Waals surface area (Å²) in [5, 5.41) is 3.02. The molecule has 0 aromatic carbocycles. The first kappa shape index (κ1) is 12.2. The standard InChI is InChI=1S/C8H16N4O2S/c1-7-8(12-6-11-7)5-10-3-4-15(13,14)9-2/h6,9-10H,3-5H2,1-2H3,(H,11,12). The molecule has 1 aromatic heterocycles. The second kappa shape index (κ2) is 5.24. The van der Waals surface area contributed by atoms with Crippen LogP contribution in [0, 0.1) is 6.92 Å². The maximum atomic E-state index is 11.1. The van der Waals surface area contributed by atoms with Crippen molar-refractivity contribution in [2.75, 3.05) is 19.3 Å². The van der Waals surface area contributed by atoms with Gasteiger partial charge in [-0.1, -0.05) is 0 Å². The first-order chi connectivity index (χ1) is 7.05. The molecule has 0 radical (unpaired) electrons. The number of H-pyrrole nitrogens is 1. The number of aromatic nitrogens is 2. The van der Waals surface area contributed by atoms with Crippen LogP contribution in [-0.4, -0.2) is 37.7 Å². The van der Waals surface area contributed by atoms with E-state index in [1.807, 2.05) is 6.92 Å². The van der Waals surface area contributed by atoms with Gasteiger partial charge in [0.25, 0.3) is 0 Å². The lowest BCUT2D eigenvalue weighted by molar-refractivity contribution is 0.582. The molecule has 0 fully saturated rings. The molecule has 0 spiro atoms. The Balaban J connectivity index is 2.26. The zero-order valence-corrected chi connectivity index (χ0v) is 9.69. The summed E-state index contributed by atoms with van der Waals surface area (Å²) in [6.07, 6.45) is 1.62. The highest BCUT2D eigenvalue weighted by Crippen LogP contribution is 1.98. The van der Waals surface area contributed by atoms with E-state index in [0.717, 1.165) is 11.4 Å². The van der Waals surface area contributed by atoms with Gasteiger partial charge in [0.1, 0.15) is 0 Å². The monoisotopic (exact) mass is 232 g/mol. The van der Waals surface area contributed by atoms with E-state index in [1.54, 1.807) is 6.33 Å². The lowest BCUT2D eigenvalue weighted by atomic mass is 10.3. The smallest absolute Gasteiger partial charge is 0.212 e. The fourth-order valence-electron chi connectivity index (χ4n) is 1.08. The molecule has 0 unspecified atom stereocenters. The Kier molecular flexibility index (Phi) is 4.25. The minimum atomic E-state index is -3.11. The Labute approximate surface area is 89.5 Å². The van der Waals surface area contributed by atoms with Crippen LogP contribution in [0.25, 0.3) is 0 Å². The average Bonchev–Trinajstić information content (AvgIpc) is 2.59. The molecule has 1 aromatic rings. The Hall–Kier alpha value is -0.920. The van der Waals surface area contributed by atoms with Crippen molar-refractivity contribution in [1.29, 1.82) is 0 Å². The quantitative estimate of drug-likeness (QED) is 0.569. The summed E-state index contributed by atoms with van der Waals surface area (Å²) >= 11 is 0. The molecule has 3 N–H and O–H groups in total. The minimum absolute atomic E-state index is 0.0764. The van der Waals surface area contributed by atoms with Crippen molar-refractivity contribution in [3.05, 3.63) is 17.7 Å². The average molecular weight is 232 g/mol. The molecular formula is C8H16N4O2S. The van der Waals surface area contributed by atoms with E-state index in [4.69, 9.17) is 0 Å².